The highest BCUT2D eigenvalue weighted by atomic mass is 16.1. The van der Waals surface area contributed by atoms with E-state index in [9.17, 15) is 9.59 Å². The Bertz CT molecular complexity index is 757. The SMILES string of the molecule is CNC(=O)c1ccc(C=C2CCc3ccccc3C2=O)cc1. The van der Waals surface area contributed by atoms with E-state index >= 15 is 0 Å². The summed E-state index contributed by atoms with van der Waals surface area (Å²) in [5.41, 5.74) is 4.31. The van der Waals surface area contributed by atoms with Crippen LogP contribution in [-0.4, -0.2) is 18.7 Å². The molecular weight excluding hydrogens is 274 g/mol. The molecule has 1 amide bonds. The molecule has 0 saturated heterocycles. The van der Waals surface area contributed by atoms with Crippen molar-refractivity contribution in [3.63, 3.8) is 0 Å². The molecule has 110 valence electrons. The van der Waals surface area contributed by atoms with Crippen molar-refractivity contribution in [2.75, 3.05) is 7.05 Å². The molecule has 0 fully saturated rings. The fourth-order valence-electron chi connectivity index (χ4n) is 2.73. The van der Waals surface area contributed by atoms with Crippen LogP contribution in [0.3, 0.4) is 0 Å². The molecule has 0 aliphatic heterocycles. The van der Waals surface area contributed by atoms with Gasteiger partial charge in [0.25, 0.3) is 5.91 Å². The maximum Gasteiger partial charge on any atom is 0.251 e. The number of fused-ring (bicyclic) bond motifs is 1. The molecule has 3 nitrogen and oxygen atoms in total. The number of carbonyl (C=O) groups excluding carboxylic acids is 2. The quantitative estimate of drug-likeness (QED) is 0.863. The predicted molar refractivity (Wildman–Crippen MR) is 86.9 cm³/mol. The fraction of sp³-hybridized carbons (Fsp3) is 0.158. The number of allylic oxidation sites excluding steroid dienone is 1. The van der Waals surface area contributed by atoms with Crippen LogP contribution in [0, 0.1) is 0 Å². The van der Waals surface area contributed by atoms with Crippen LogP contribution >= 0.6 is 0 Å². The van der Waals surface area contributed by atoms with Gasteiger partial charge in [-0.25, -0.2) is 0 Å². The summed E-state index contributed by atoms with van der Waals surface area (Å²) in [4.78, 5) is 24.0. The van der Waals surface area contributed by atoms with Gasteiger partial charge in [0.15, 0.2) is 5.78 Å². The van der Waals surface area contributed by atoms with Gasteiger partial charge in [0.05, 0.1) is 0 Å². The van der Waals surface area contributed by atoms with Gasteiger partial charge < -0.3 is 5.32 Å². The van der Waals surface area contributed by atoms with E-state index in [1.165, 1.54) is 0 Å². The normalized spacial score (nSPS) is 15.5. The first-order chi connectivity index (χ1) is 10.7. The van der Waals surface area contributed by atoms with Crippen LogP contribution in [0.15, 0.2) is 54.1 Å². The molecule has 3 rings (SSSR count). The highest BCUT2D eigenvalue weighted by Crippen LogP contribution is 2.26. The van der Waals surface area contributed by atoms with Crippen LogP contribution in [0.5, 0.6) is 0 Å². The highest BCUT2D eigenvalue weighted by Gasteiger charge is 2.21. The number of hydrogen-bond donors (Lipinski definition) is 1. The lowest BCUT2D eigenvalue weighted by Gasteiger charge is -2.17. The van der Waals surface area contributed by atoms with E-state index in [-0.39, 0.29) is 11.7 Å². The van der Waals surface area contributed by atoms with Crippen LogP contribution in [0.4, 0.5) is 0 Å². The monoisotopic (exact) mass is 291 g/mol. The smallest absolute Gasteiger partial charge is 0.251 e. The Morgan fingerprint density at radius 2 is 1.77 bits per heavy atom. The molecule has 0 bridgehead atoms. The Kier molecular flexibility index (Phi) is 3.88. The summed E-state index contributed by atoms with van der Waals surface area (Å²) >= 11 is 0. The molecule has 0 heterocycles. The molecule has 1 N–H and O–H groups in total. The molecule has 0 aromatic heterocycles. The van der Waals surface area contributed by atoms with E-state index in [0.29, 0.717) is 5.56 Å². The molecule has 2 aromatic rings. The lowest BCUT2D eigenvalue weighted by molar-refractivity contribution is 0.0962. The van der Waals surface area contributed by atoms with E-state index in [1.54, 1.807) is 19.2 Å². The minimum absolute atomic E-state index is 0.109. The van der Waals surface area contributed by atoms with Crippen LogP contribution < -0.4 is 5.32 Å². The van der Waals surface area contributed by atoms with Crippen LogP contribution in [0.25, 0.3) is 6.08 Å². The maximum absolute atomic E-state index is 12.5. The lowest BCUT2D eigenvalue weighted by atomic mass is 9.86. The largest absolute Gasteiger partial charge is 0.355 e. The molecule has 0 unspecified atom stereocenters. The van der Waals surface area contributed by atoms with Crippen molar-refractivity contribution in [3.05, 3.63) is 76.4 Å². The van der Waals surface area contributed by atoms with Crippen LogP contribution in [0.1, 0.15) is 38.3 Å². The fourth-order valence-corrected chi connectivity index (χ4v) is 2.73. The molecule has 22 heavy (non-hydrogen) atoms. The minimum atomic E-state index is -0.109. The van der Waals surface area contributed by atoms with Gasteiger partial charge in [-0.2, -0.15) is 0 Å². The average molecular weight is 291 g/mol. The van der Waals surface area contributed by atoms with Gasteiger partial charge in [-0.3, -0.25) is 9.59 Å². The number of hydrogen-bond acceptors (Lipinski definition) is 2. The molecule has 3 heteroatoms. The zero-order valence-electron chi connectivity index (χ0n) is 12.4. The van der Waals surface area contributed by atoms with Gasteiger partial charge in [0.1, 0.15) is 0 Å². The number of ketones is 1. The van der Waals surface area contributed by atoms with Crippen LogP contribution in [-0.2, 0) is 6.42 Å². The molecular formula is C19H17NO2. The molecule has 0 atom stereocenters. The summed E-state index contributed by atoms with van der Waals surface area (Å²) in [7, 11) is 1.61. The van der Waals surface area contributed by atoms with Crippen molar-refractivity contribution in [1.82, 2.24) is 5.32 Å². The Labute approximate surface area is 129 Å². The summed E-state index contributed by atoms with van der Waals surface area (Å²) in [6.07, 6.45) is 3.57. The first-order valence-electron chi connectivity index (χ1n) is 7.34. The number of benzene rings is 2. The molecule has 0 spiro atoms. The highest BCUT2D eigenvalue weighted by molar-refractivity contribution is 6.13. The third kappa shape index (κ3) is 2.70. The Morgan fingerprint density at radius 1 is 1.05 bits per heavy atom. The van der Waals surface area contributed by atoms with Crippen molar-refractivity contribution < 1.29 is 9.59 Å². The van der Waals surface area contributed by atoms with Gasteiger partial charge in [0, 0.05) is 23.7 Å². The maximum atomic E-state index is 12.5. The second-order valence-corrected chi connectivity index (χ2v) is 5.36. The van der Waals surface area contributed by atoms with Gasteiger partial charge in [-0.05, 0) is 42.2 Å². The summed E-state index contributed by atoms with van der Waals surface area (Å²) in [5.74, 6) is -0.000832. The van der Waals surface area contributed by atoms with Crippen molar-refractivity contribution in [2.24, 2.45) is 0 Å². The van der Waals surface area contributed by atoms with Crippen molar-refractivity contribution in [2.45, 2.75) is 12.8 Å². The summed E-state index contributed by atoms with van der Waals surface area (Å²) in [6.45, 7) is 0. The number of Topliss-reactive ketones (excluding diaryl/α,β-unsaturated/α-hetero) is 1. The third-order valence-corrected chi connectivity index (χ3v) is 3.96. The first kappa shape index (κ1) is 14.3. The van der Waals surface area contributed by atoms with Gasteiger partial charge >= 0.3 is 0 Å². The zero-order chi connectivity index (χ0) is 15.5. The molecule has 0 saturated carbocycles. The second kappa shape index (κ2) is 5.98. The average Bonchev–Trinajstić information content (AvgIpc) is 2.57. The van der Waals surface area contributed by atoms with E-state index in [2.05, 4.69) is 5.32 Å². The number of rotatable bonds is 2. The molecule has 2 aromatic carbocycles. The summed E-state index contributed by atoms with van der Waals surface area (Å²) in [6, 6.07) is 15.0. The van der Waals surface area contributed by atoms with E-state index in [1.807, 2.05) is 42.5 Å². The van der Waals surface area contributed by atoms with Crippen LogP contribution in [0.2, 0.25) is 0 Å². The lowest BCUT2D eigenvalue weighted by Crippen LogP contribution is -2.17. The van der Waals surface area contributed by atoms with Crippen molar-refractivity contribution in [3.8, 4) is 0 Å². The number of amides is 1. The third-order valence-electron chi connectivity index (χ3n) is 3.96. The standard InChI is InChI=1S/C19H17NO2/c1-20-19(22)15-8-6-13(7-9-15)12-16-11-10-14-4-2-3-5-17(14)18(16)21/h2-9,12H,10-11H2,1H3,(H,20,22). The molecule has 1 aliphatic rings. The predicted octanol–water partition coefficient (Wildman–Crippen LogP) is 3.26. The minimum Gasteiger partial charge on any atom is -0.355 e. The number of nitrogens with one attached hydrogen (secondary N) is 1. The Balaban J connectivity index is 1.87. The van der Waals surface area contributed by atoms with Gasteiger partial charge in [-0.1, -0.05) is 36.4 Å². The van der Waals surface area contributed by atoms with E-state index in [0.717, 1.165) is 35.1 Å². The van der Waals surface area contributed by atoms with E-state index in [4.69, 9.17) is 0 Å². The summed E-state index contributed by atoms with van der Waals surface area (Å²) in [5, 5.41) is 2.59. The number of aryl methyl sites for hydroxylation is 1. The summed E-state index contributed by atoms with van der Waals surface area (Å²) < 4.78 is 0. The first-order valence-corrected chi connectivity index (χ1v) is 7.34. The van der Waals surface area contributed by atoms with Gasteiger partial charge in [-0.15, -0.1) is 0 Å². The molecule has 1 aliphatic carbocycles. The van der Waals surface area contributed by atoms with E-state index < -0.39 is 0 Å². The zero-order valence-corrected chi connectivity index (χ0v) is 12.4. The molecule has 0 radical (unpaired) electrons. The van der Waals surface area contributed by atoms with Crippen molar-refractivity contribution >= 4 is 17.8 Å². The topological polar surface area (TPSA) is 46.2 Å². The number of carbonyl (C=O) groups is 2. The Hall–Kier alpha value is -2.68. The second-order valence-electron chi connectivity index (χ2n) is 5.36. The van der Waals surface area contributed by atoms with Crippen molar-refractivity contribution in [1.29, 1.82) is 0 Å². The van der Waals surface area contributed by atoms with Gasteiger partial charge in [0.2, 0.25) is 0 Å². The Morgan fingerprint density at radius 3 is 2.50 bits per heavy atom.